The molecule has 0 atom stereocenters. The van der Waals surface area contributed by atoms with Gasteiger partial charge in [0.2, 0.25) is 0 Å². The fourth-order valence-corrected chi connectivity index (χ4v) is 1.57. The first-order chi connectivity index (χ1) is 11.6. The molecule has 0 amide bonds. The van der Waals surface area contributed by atoms with Crippen LogP contribution in [0.4, 0.5) is 17.6 Å². The molecule has 0 aliphatic carbocycles. The van der Waals surface area contributed by atoms with Gasteiger partial charge in [0.1, 0.15) is 0 Å². The quantitative estimate of drug-likeness (QED) is 0.276. The molecule has 4 heteroatoms. The van der Waals surface area contributed by atoms with Gasteiger partial charge in [-0.25, -0.2) is 0 Å². The van der Waals surface area contributed by atoms with Crippen LogP contribution < -0.4 is 0 Å². The van der Waals surface area contributed by atoms with Gasteiger partial charge in [-0.15, -0.1) is 0 Å². The van der Waals surface area contributed by atoms with Gasteiger partial charge in [0, 0.05) is 0 Å². The van der Waals surface area contributed by atoms with Crippen molar-refractivity contribution in [2.45, 2.75) is 93.9 Å². The highest BCUT2D eigenvalue weighted by molar-refractivity contribution is 5.04. The molecule has 0 aromatic carbocycles. The van der Waals surface area contributed by atoms with Crippen molar-refractivity contribution in [3.63, 3.8) is 0 Å². The minimum Gasteiger partial charge on any atom is -0.173 e. The van der Waals surface area contributed by atoms with Gasteiger partial charge in [0.25, 0.3) is 12.2 Å². The van der Waals surface area contributed by atoms with Crippen LogP contribution in [0.1, 0.15) is 93.9 Å². The zero-order valence-corrected chi connectivity index (χ0v) is 16.9. The van der Waals surface area contributed by atoms with Crippen molar-refractivity contribution < 1.29 is 17.6 Å². The van der Waals surface area contributed by atoms with E-state index in [0.717, 1.165) is 30.4 Å². The topological polar surface area (TPSA) is 0 Å². The van der Waals surface area contributed by atoms with E-state index in [9.17, 15) is 17.6 Å². The molecule has 0 saturated heterocycles. The smallest absolute Gasteiger partial charge is 0.173 e. The second kappa shape index (κ2) is 21.7. The Hall–Kier alpha value is -1.32. The normalized spacial score (nSPS) is 8.69. The van der Waals surface area contributed by atoms with Crippen LogP contribution in [0.2, 0.25) is 0 Å². The van der Waals surface area contributed by atoms with E-state index >= 15 is 0 Å². The number of hydrogen-bond donors (Lipinski definition) is 0. The lowest BCUT2D eigenvalue weighted by atomic mass is 10.0. The molecule has 0 N–H and O–H groups in total. The summed E-state index contributed by atoms with van der Waals surface area (Å²) in [6, 6.07) is 0. The summed E-state index contributed by atoms with van der Waals surface area (Å²) in [5.74, 6) is 0. The predicted molar refractivity (Wildman–Crippen MR) is 110 cm³/mol. The summed E-state index contributed by atoms with van der Waals surface area (Å²) in [7, 11) is 0. The highest BCUT2D eigenvalue weighted by atomic mass is 19.3. The highest BCUT2D eigenvalue weighted by Crippen LogP contribution is 2.18. The van der Waals surface area contributed by atoms with Crippen LogP contribution >= 0.6 is 0 Å². The predicted octanol–water partition coefficient (Wildman–Crippen LogP) is 9.86. The Morgan fingerprint density at radius 3 is 1.27 bits per heavy atom. The number of rotatable bonds is 9. The third kappa shape index (κ3) is 22.7. The minimum atomic E-state index is -1.55. The van der Waals surface area contributed by atoms with Crippen molar-refractivity contribution in [2.24, 2.45) is 0 Å². The lowest BCUT2D eigenvalue weighted by Gasteiger charge is -2.02. The van der Waals surface area contributed by atoms with E-state index in [2.05, 4.69) is 20.1 Å². The number of halogens is 4. The first-order valence-corrected chi connectivity index (χ1v) is 9.00. The molecule has 0 nitrogen and oxygen atoms in total. The van der Waals surface area contributed by atoms with Crippen molar-refractivity contribution in [3.05, 3.63) is 47.6 Å². The second-order valence-corrected chi connectivity index (χ2v) is 5.69. The summed E-state index contributed by atoms with van der Waals surface area (Å²) in [5.41, 5.74) is 2.47. The van der Waals surface area contributed by atoms with Gasteiger partial charge in [-0.1, -0.05) is 65.8 Å². The molecule has 0 aromatic rings. The Kier molecular flexibility index (Phi) is 27.0. The first-order valence-electron chi connectivity index (χ1n) is 9.00. The van der Waals surface area contributed by atoms with Crippen LogP contribution in [-0.4, -0.2) is 0 Å². The summed E-state index contributed by atoms with van der Waals surface area (Å²) >= 11 is 0. The fourth-order valence-electron chi connectivity index (χ4n) is 1.57. The third-order valence-electron chi connectivity index (χ3n) is 3.46. The van der Waals surface area contributed by atoms with E-state index in [-0.39, 0.29) is 18.6 Å². The maximum atomic E-state index is 11.9. The molecule has 0 aliphatic rings. The molecular formula is C22H40F4. The third-order valence-corrected chi connectivity index (χ3v) is 3.46. The number of allylic oxidation sites excluding steroid dienone is 4. The van der Waals surface area contributed by atoms with Crippen LogP contribution in [0, 0.1) is 0 Å². The van der Waals surface area contributed by atoms with E-state index in [4.69, 9.17) is 0 Å². The molecule has 0 radical (unpaired) electrons. The van der Waals surface area contributed by atoms with Crippen LogP contribution in [0.15, 0.2) is 47.6 Å². The Bertz CT molecular complexity index is 423. The molecule has 0 unspecified atom stereocenters. The average molecular weight is 381 g/mol. The van der Waals surface area contributed by atoms with Crippen molar-refractivity contribution in [2.75, 3.05) is 0 Å². The van der Waals surface area contributed by atoms with Gasteiger partial charge in [-0.2, -0.15) is 17.6 Å². The summed E-state index contributed by atoms with van der Waals surface area (Å²) in [5, 5.41) is 0. The summed E-state index contributed by atoms with van der Waals surface area (Å²) in [4.78, 5) is 0. The average Bonchev–Trinajstić information content (AvgIpc) is 2.59. The van der Waals surface area contributed by atoms with Gasteiger partial charge in [-0.05, 0) is 63.5 Å². The van der Waals surface area contributed by atoms with Crippen LogP contribution in [0.25, 0.3) is 0 Å². The van der Waals surface area contributed by atoms with Gasteiger partial charge >= 0.3 is 0 Å². The van der Waals surface area contributed by atoms with E-state index in [1.54, 1.807) is 0 Å². The first kappa shape index (κ1) is 32.4. The molecule has 0 fully saturated rings. The Balaban J connectivity index is -0.000000164. The molecule has 26 heavy (non-hydrogen) atoms. The van der Waals surface area contributed by atoms with Crippen molar-refractivity contribution in [1.29, 1.82) is 0 Å². The van der Waals surface area contributed by atoms with Gasteiger partial charge < -0.3 is 0 Å². The lowest BCUT2D eigenvalue weighted by Crippen LogP contribution is -1.84. The Morgan fingerprint density at radius 2 is 1.00 bits per heavy atom. The molecule has 0 rings (SSSR count). The molecule has 0 aliphatic heterocycles. The van der Waals surface area contributed by atoms with Crippen LogP contribution in [0.5, 0.6) is 0 Å². The lowest BCUT2D eigenvalue weighted by molar-refractivity contribution is 0.407. The zero-order chi connectivity index (χ0) is 20.4. The number of hydrogen-bond acceptors (Lipinski definition) is 0. The van der Waals surface area contributed by atoms with E-state index in [1.165, 1.54) is 13.8 Å². The molecule has 0 spiro atoms. The summed E-state index contributed by atoms with van der Waals surface area (Å²) < 4.78 is 47.5. The second-order valence-electron chi connectivity index (χ2n) is 5.69. The molecule has 0 aromatic heterocycles. The molecule has 0 heterocycles. The maximum Gasteiger partial charge on any atom is 0.269 e. The summed E-state index contributed by atoms with van der Waals surface area (Å²) in [6.45, 7) is 18.5. The van der Waals surface area contributed by atoms with Crippen LogP contribution in [0.3, 0.4) is 0 Å². The SMILES string of the molecule is C.C=C(CC)CCC(C)=C(F)F.C=C(CCC)CCC(C)=C(F)F.CC. The van der Waals surface area contributed by atoms with Gasteiger partial charge in [0.05, 0.1) is 0 Å². The molecule has 0 bridgehead atoms. The fraction of sp³-hybridized carbons (Fsp3) is 0.636. The Morgan fingerprint density at radius 1 is 0.654 bits per heavy atom. The summed E-state index contributed by atoms with van der Waals surface area (Å²) in [6.07, 6.45) is 2.03. The van der Waals surface area contributed by atoms with Crippen molar-refractivity contribution in [3.8, 4) is 0 Å². The molecule has 0 saturated carbocycles. The van der Waals surface area contributed by atoms with Crippen molar-refractivity contribution in [1.82, 2.24) is 0 Å². The highest BCUT2D eigenvalue weighted by Gasteiger charge is 2.01. The standard InChI is InChI=1S/C10H16F2.C9H14F2.C2H6.CH4/c1-4-5-8(2)6-7-9(3)10(11)12;1-4-7(2)5-6-8(3)9(10)11;1-2;/h2,4-7H2,1,3H3;2,4-6H2,1,3H3;1-2H3;1H4. The Labute approximate surface area is 159 Å². The molecular weight excluding hydrogens is 340 g/mol. The van der Waals surface area contributed by atoms with Crippen LogP contribution in [-0.2, 0) is 0 Å². The van der Waals surface area contributed by atoms with Gasteiger partial charge in [-0.3, -0.25) is 0 Å². The maximum absolute atomic E-state index is 11.9. The van der Waals surface area contributed by atoms with Crippen molar-refractivity contribution >= 4 is 0 Å². The molecule has 156 valence electrons. The monoisotopic (exact) mass is 380 g/mol. The minimum absolute atomic E-state index is 0. The largest absolute Gasteiger partial charge is 0.269 e. The zero-order valence-electron chi connectivity index (χ0n) is 16.9. The van der Waals surface area contributed by atoms with Gasteiger partial charge in [0.15, 0.2) is 0 Å². The van der Waals surface area contributed by atoms with E-state index in [1.807, 2.05) is 20.8 Å². The van der Waals surface area contributed by atoms with E-state index in [0.29, 0.717) is 25.7 Å². The van der Waals surface area contributed by atoms with E-state index < -0.39 is 12.2 Å².